The van der Waals surface area contributed by atoms with Crippen molar-refractivity contribution in [2.45, 2.75) is 31.8 Å². The van der Waals surface area contributed by atoms with E-state index in [1.165, 1.54) is 0 Å². The molecule has 0 spiro atoms. The van der Waals surface area contributed by atoms with Gasteiger partial charge in [-0.2, -0.15) is 0 Å². The highest BCUT2D eigenvalue weighted by Crippen LogP contribution is 2.07. The average Bonchev–Trinajstić information content (AvgIpc) is 2.19. The molecule has 1 aliphatic rings. The Morgan fingerprint density at radius 3 is 2.65 bits per heavy atom. The summed E-state index contributed by atoms with van der Waals surface area (Å²) >= 11 is 0. The lowest BCUT2D eigenvalue weighted by Gasteiger charge is -2.29. The van der Waals surface area contributed by atoms with Crippen LogP contribution in [0.25, 0.3) is 0 Å². The van der Waals surface area contributed by atoms with E-state index in [0.29, 0.717) is 12.3 Å². The first kappa shape index (κ1) is 14.6. The van der Waals surface area contributed by atoms with Crippen molar-refractivity contribution in [2.24, 2.45) is 5.73 Å². The van der Waals surface area contributed by atoms with Crippen LogP contribution in [0.5, 0.6) is 0 Å². The van der Waals surface area contributed by atoms with Crippen LogP contribution in [0.4, 0.5) is 0 Å². The first-order valence-corrected chi connectivity index (χ1v) is 7.77. The smallest absolute Gasteiger partial charge is 0.234 e. The number of nitrogens with two attached hydrogens (primary N) is 1. The van der Waals surface area contributed by atoms with Crippen molar-refractivity contribution < 1.29 is 9.00 Å². The van der Waals surface area contributed by atoms with E-state index in [2.05, 4.69) is 10.2 Å². The van der Waals surface area contributed by atoms with Gasteiger partial charge in [0.1, 0.15) is 0 Å². The highest BCUT2D eigenvalue weighted by Gasteiger charge is 2.18. The molecule has 0 bridgehead atoms. The van der Waals surface area contributed by atoms with Gasteiger partial charge in [0.25, 0.3) is 0 Å². The number of rotatable bonds is 5. The summed E-state index contributed by atoms with van der Waals surface area (Å²) in [4.78, 5) is 13.8. The molecule has 2 atom stereocenters. The summed E-state index contributed by atoms with van der Waals surface area (Å²) in [6.07, 6.45) is 3.57. The lowest BCUT2D eigenvalue weighted by Crippen LogP contribution is -2.46. The number of amides is 1. The number of piperidine rings is 1. The maximum atomic E-state index is 11.7. The molecule has 0 aliphatic carbocycles. The zero-order chi connectivity index (χ0) is 12.8. The number of nitrogens with zero attached hydrogens (tertiary/aromatic N) is 1. The minimum absolute atomic E-state index is 0.0124. The van der Waals surface area contributed by atoms with Crippen LogP contribution in [0.3, 0.4) is 0 Å². The van der Waals surface area contributed by atoms with E-state index in [1.807, 2.05) is 6.92 Å². The Bertz CT molecular complexity index is 278. The summed E-state index contributed by atoms with van der Waals surface area (Å²) in [5, 5.41) is 2.86. The van der Waals surface area contributed by atoms with Crippen molar-refractivity contribution in [3.63, 3.8) is 0 Å². The molecule has 0 aromatic rings. The molecule has 1 fully saturated rings. The molecule has 1 heterocycles. The fourth-order valence-electron chi connectivity index (χ4n) is 2.03. The number of carbonyl (C=O) groups is 1. The lowest BCUT2D eigenvalue weighted by atomic mass is 10.1. The second-order valence-corrected chi connectivity index (χ2v) is 6.30. The minimum atomic E-state index is -0.868. The molecule has 1 aliphatic heterocycles. The maximum absolute atomic E-state index is 11.7. The van der Waals surface area contributed by atoms with Crippen molar-refractivity contribution in [3.05, 3.63) is 0 Å². The van der Waals surface area contributed by atoms with E-state index >= 15 is 0 Å². The quantitative estimate of drug-likeness (QED) is 0.686. The fraction of sp³-hybridized carbons (Fsp3) is 0.909. The Labute approximate surface area is 106 Å². The monoisotopic (exact) mass is 261 g/mol. The van der Waals surface area contributed by atoms with Crippen LogP contribution >= 0.6 is 0 Å². The number of carbonyl (C=O) groups excluding carboxylic acids is 1. The van der Waals surface area contributed by atoms with Crippen LogP contribution in [0.2, 0.25) is 0 Å². The maximum Gasteiger partial charge on any atom is 0.234 e. The molecule has 0 saturated carbocycles. The summed E-state index contributed by atoms with van der Waals surface area (Å²) < 4.78 is 11.0. The second kappa shape index (κ2) is 7.08. The normalized spacial score (nSPS) is 22.1. The van der Waals surface area contributed by atoms with E-state index in [4.69, 9.17) is 5.73 Å². The molecule has 0 radical (unpaired) electrons. The van der Waals surface area contributed by atoms with Crippen molar-refractivity contribution in [2.75, 3.05) is 31.6 Å². The van der Waals surface area contributed by atoms with Gasteiger partial charge in [0.2, 0.25) is 5.91 Å². The van der Waals surface area contributed by atoms with Crippen LogP contribution in [-0.2, 0) is 15.6 Å². The average molecular weight is 261 g/mol. The van der Waals surface area contributed by atoms with Crippen molar-refractivity contribution in [1.82, 2.24) is 10.2 Å². The van der Waals surface area contributed by atoms with E-state index in [1.54, 1.807) is 6.26 Å². The highest BCUT2D eigenvalue weighted by atomic mass is 32.2. The molecule has 3 N–H and O–H groups in total. The number of hydrogen-bond donors (Lipinski definition) is 2. The zero-order valence-corrected chi connectivity index (χ0v) is 11.5. The van der Waals surface area contributed by atoms with Crippen molar-refractivity contribution >= 4 is 16.7 Å². The summed E-state index contributed by atoms with van der Waals surface area (Å²) in [6, 6.07) is 0.260. The molecule has 1 rings (SSSR count). The Morgan fingerprint density at radius 2 is 2.12 bits per heavy atom. The fourth-order valence-corrected chi connectivity index (χ4v) is 2.82. The molecule has 1 saturated heterocycles. The molecule has 100 valence electrons. The summed E-state index contributed by atoms with van der Waals surface area (Å²) in [5.74, 6) is 0.523. The van der Waals surface area contributed by atoms with Crippen molar-refractivity contribution in [3.8, 4) is 0 Å². The largest absolute Gasteiger partial charge is 0.352 e. The Morgan fingerprint density at radius 1 is 1.53 bits per heavy atom. The van der Waals surface area contributed by atoms with Crippen LogP contribution in [-0.4, -0.2) is 58.7 Å². The van der Waals surface area contributed by atoms with Crippen LogP contribution in [0.15, 0.2) is 0 Å². The molecular weight excluding hydrogens is 238 g/mol. The van der Waals surface area contributed by atoms with Gasteiger partial charge in [-0.1, -0.05) is 0 Å². The van der Waals surface area contributed by atoms with Crippen LogP contribution in [0, 0.1) is 0 Å². The van der Waals surface area contributed by atoms with E-state index in [0.717, 1.165) is 25.9 Å². The zero-order valence-electron chi connectivity index (χ0n) is 10.6. The second-order valence-electron chi connectivity index (χ2n) is 4.82. The molecular formula is C11H23N3O2S. The van der Waals surface area contributed by atoms with Gasteiger partial charge in [-0.25, -0.2) is 0 Å². The van der Waals surface area contributed by atoms with E-state index < -0.39 is 10.8 Å². The van der Waals surface area contributed by atoms with Crippen molar-refractivity contribution in [1.29, 1.82) is 0 Å². The predicted molar refractivity (Wildman–Crippen MR) is 70.2 cm³/mol. The SMILES string of the molecule is CC(CS(C)=O)NC(=O)CN1CCC(N)CC1. The molecule has 5 nitrogen and oxygen atoms in total. The summed E-state index contributed by atoms with van der Waals surface area (Å²) in [5.41, 5.74) is 5.80. The van der Waals surface area contributed by atoms with Crippen LogP contribution in [0.1, 0.15) is 19.8 Å². The Balaban J connectivity index is 2.22. The molecule has 0 aromatic carbocycles. The first-order chi connectivity index (χ1) is 7.97. The summed E-state index contributed by atoms with van der Waals surface area (Å²) in [7, 11) is -0.868. The highest BCUT2D eigenvalue weighted by molar-refractivity contribution is 7.84. The van der Waals surface area contributed by atoms with Gasteiger partial charge in [-0.15, -0.1) is 0 Å². The molecule has 2 unspecified atom stereocenters. The van der Waals surface area contributed by atoms with Gasteiger partial charge in [-0.3, -0.25) is 13.9 Å². The standard InChI is InChI=1S/C11H23N3O2S/c1-9(8-17(2)16)13-11(15)7-14-5-3-10(12)4-6-14/h9-10H,3-8,12H2,1-2H3,(H,13,15). The molecule has 1 amide bonds. The number of likely N-dealkylation sites (tertiary alicyclic amines) is 1. The topological polar surface area (TPSA) is 75.4 Å². The van der Waals surface area contributed by atoms with Gasteiger partial charge in [-0.05, 0) is 19.8 Å². The molecule has 6 heteroatoms. The molecule has 0 aromatic heterocycles. The summed E-state index contributed by atoms with van der Waals surface area (Å²) in [6.45, 7) is 4.09. The third kappa shape index (κ3) is 6.14. The third-order valence-electron chi connectivity index (χ3n) is 2.89. The first-order valence-electron chi connectivity index (χ1n) is 6.04. The van der Waals surface area contributed by atoms with Crippen LogP contribution < -0.4 is 11.1 Å². The van der Waals surface area contributed by atoms with Gasteiger partial charge >= 0.3 is 0 Å². The van der Waals surface area contributed by atoms with Gasteiger partial charge in [0, 0.05) is 48.0 Å². The minimum Gasteiger partial charge on any atom is -0.352 e. The number of nitrogens with one attached hydrogen (secondary N) is 1. The Kier molecular flexibility index (Phi) is 6.08. The predicted octanol–water partition coefficient (Wildman–Crippen LogP) is -0.707. The van der Waals surface area contributed by atoms with Gasteiger partial charge < -0.3 is 11.1 Å². The third-order valence-corrected chi connectivity index (χ3v) is 3.86. The van der Waals surface area contributed by atoms with Gasteiger partial charge in [0.15, 0.2) is 0 Å². The number of hydrogen-bond acceptors (Lipinski definition) is 4. The lowest BCUT2D eigenvalue weighted by molar-refractivity contribution is -0.122. The Hall–Kier alpha value is -0.460. The van der Waals surface area contributed by atoms with Gasteiger partial charge in [0.05, 0.1) is 6.54 Å². The molecule has 17 heavy (non-hydrogen) atoms. The van der Waals surface area contributed by atoms with E-state index in [9.17, 15) is 9.00 Å². The van der Waals surface area contributed by atoms with E-state index in [-0.39, 0.29) is 18.0 Å².